The molecule has 0 unspecified atom stereocenters. The molecule has 2 rings (SSSR count). The van der Waals surface area contributed by atoms with Crippen LogP contribution in [-0.4, -0.2) is 26.6 Å². The fourth-order valence-corrected chi connectivity index (χ4v) is 1.59. The van der Waals surface area contributed by atoms with Gasteiger partial charge in [0.25, 0.3) is 0 Å². The van der Waals surface area contributed by atoms with Crippen LogP contribution in [0.4, 0.5) is 5.82 Å². The van der Waals surface area contributed by atoms with Gasteiger partial charge in [-0.15, -0.1) is 0 Å². The molecule has 6 heteroatoms. The van der Waals surface area contributed by atoms with Crippen molar-refractivity contribution in [1.82, 2.24) is 19.5 Å². The number of imidazole rings is 1. The van der Waals surface area contributed by atoms with Crippen LogP contribution in [0.1, 0.15) is 17.3 Å². The van der Waals surface area contributed by atoms with Crippen LogP contribution in [0.3, 0.4) is 0 Å². The van der Waals surface area contributed by atoms with E-state index in [2.05, 4.69) is 15.0 Å². The Morgan fingerprint density at radius 3 is 2.88 bits per heavy atom. The summed E-state index contributed by atoms with van der Waals surface area (Å²) in [5.74, 6) is 1.99. The normalized spacial score (nSPS) is 10.7. The van der Waals surface area contributed by atoms with Gasteiger partial charge in [0.05, 0.1) is 5.69 Å². The van der Waals surface area contributed by atoms with Gasteiger partial charge in [0.15, 0.2) is 5.82 Å². The zero-order valence-corrected chi connectivity index (χ0v) is 9.92. The van der Waals surface area contributed by atoms with Crippen molar-refractivity contribution < 1.29 is 4.74 Å². The molecule has 6 nitrogen and oxygen atoms in total. The molecule has 0 aliphatic heterocycles. The van der Waals surface area contributed by atoms with Gasteiger partial charge in [-0.2, -0.15) is 0 Å². The number of hydrogen-bond donors (Lipinski definition) is 1. The van der Waals surface area contributed by atoms with Crippen LogP contribution in [0.15, 0.2) is 18.5 Å². The Hall–Kier alpha value is -1.95. The lowest BCUT2D eigenvalue weighted by Gasteiger charge is -2.05. The summed E-state index contributed by atoms with van der Waals surface area (Å²) in [7, 11) is 3.55. The van der Waals surface area contributed by atoms with Crippen molar-refractivity contribution in [3.63, 3.8) is 0 Å². The average Bonchev–Trinajstić information content (AvgIpc) is 2.64. The molecular weight excluding hydrogens is 218 g/mol. The fourth-order valence-electron chi connectivity index (χ4n) is 1.59. The SMILES string of the molecule is COCc1nc(N)cc(Cc2nccn2C)n1. The molecule has 0 aromatic carbocycles. The number of methoxy groups -OCH3 is 1. The summed E-state index contributed by atoms with van der Waals surface area (Å²) in [4.78, 5) is 12.7. The minimum atomic E-state index is 0.360. The molecule has 0 bridgehead atoms. The minimum absolute atomic E-state index is 0.360. The van der Waals surface area contributed by atoms with E-state index in [1.54, 1.807) is 19.4 Å². The van der Waals surface area contributed by atoms with Gasteiger partial charge >= 0.3 is 0 Å². The van der Waals surface area contributed by atoms with Gasteiger partial charge in [-0.3, -0.25) is 0 Å². The Labute approximate surface area is 99.5 Å². The van der Waals surface area contributed by atoms with Crippen LogP contribution in [0.2, 0.25) is 0 Å². The Bertz CT molecular complexity index is 508. The van der Waals surface area contributed by atoms with Gasteiger partial charge in [0, 0.05) is 39.0 Å². The third-order valence-electron chi connectivity index (χ3n) is 2.38. The third kappa shape index (κ3) is 2.79. The standard InChI is InChI=1S/C11H15N5O/c1-16-4-3-13-11(16)6-8-5-9(12)15-10(14-8)7-17-2/h3-5H,6-7H2,1-2H3,(H2,12,14,15). The van der Waals surface area contributed by atoms with E-state index in [1.165, 1.54) is 0 Å². The van der Waals surface area contributed by atoms with Crippen molar-refractivity contribution in [1.29, 1.82) is 0 Å². The molecule has 0 atom stereocenters. The van der Waals surface area contributed by atoms with Crippen LogP contribution in [0.25, 0.3) is 0 Å². The van der Waals surface area contributed by atoms with Crippen LogP contribution in [-0.2, 0) is 24.8 Å². The first-order chi connectivity index (χ1) is 8.19. The van der Waals surface area contributed by atoms with E-state index < -0.39 is 0 Å². The van der Waals surface area contributed by atoms with Crippen molar-refractivity contribution in [2.45, 2.75) is 13.0 Å². The van der Waals surface area contributed by atoms with Crippen LogP contribution < -0.4 is 5.73 Å². The molecule has 0 radical (unpaired) electrons. The number of nitrogens with two attached hydrogens (primary N) is 1. The highest BCUT2D eigenvalue weighted by atomic mass is 16.5. The van der Waals surface area contributed by atoms with Crippen molar-refractivity contribution >= 4 is 5.82 Å². The number of nitrogens with zero attached hydrogens (tertiary/aromatic N) is 4. The highest BCUT2D eigenvalue weighted by molar-refractivity contribution is 5.31. The van der Waals surface area contributed by atoms with Crippen molar-refractivity contribution in [2.24, 2.45) is 7.05 Å². The zero-order valence-electron chi connectivity index (χ0n) is 9.92. The van der Waals surface area contributed by atoms with Gasteiger partial charge in [0.2, 0.25) is 0 Å². The predicted octanol–water partition coefficient (Wildman–Crippen LogP) is 0.529. The second-order valence-electron chi connectivity index (χ2n) is 3.76. The lowest BCUT2D eigenvalue weighted by Crippen LogP contribution is -2.06. The molecule has 0 fully saturated rings. The number of aryl methyl sites for hydroxylation is 1. The maximum Gasteiger partial charge on any atom is 0.156 e. The van der Waals surface area contributed by atoms with E-state index in [1.807, 2.05) is 17.8 Å². The molecule has 0 spiro atoms. The third-order valence-corrected chi connectivity index (χ3v) is 2.38. The van der Waals surface area contributed by atoms with E-state index in [-0.39, 0.29) is 0 Å². The largest absolute Gasteiger partial charge is 0.384 e. The fraction of sp³-hybridized carbons (Fsp3) is 0.364. The first-order valence-electron chi connectivity index (χ1n) is 5.26. The van der Waals surface area contributed by atoms with E-state index in [0.717, 1.165) is 11.5 Å². The molecule has 0 saturated heterocycles. The summed E-state index contributed by atoms with van der Waals surface area (Å²) in [6.07, 6.45) is 4.29. The van der Waals surface area contributed by atoms with Gasteiger partial charge in [-0.1, -0.05) is 0 Å². The number of nitrogen functional groups attached to an aromatic ring is 1. The second kappa shape index (κ2) is 4.92. The van der Waals surface area contributed by atoms with E-state index in [9.17, 15) is 0 Å². The minimum Gasteiger partial charge on any atom is -0.384 e. The first kappa shape index (κ1) is 11.5. The van der Waals surface area contributed by atoms with Crippen LogP contribution in [0.5, 0.6) is 0 Å². The van der Waals surface area contributed by atoms with Crippen molar-refractivity contribution in [3.8, 4) is 0 Å². The van der Waals surface area contributed by atoms with E-state index in [4.69, 9.17) is 10.5 Å². The molecule has 2 N–H and O–H groups in total. The second-order valence-corrected chi connectivity index (χ2v) is 3.76. The maximum atomic E-state index is 5.72. The first-order valence-corrected chi connectivity index (χ1v) is 5.26. The number of anilines is 1. The monoisotopic (exact) mass is 233 g/mol. The van der Waals surface area contributed by atoms with Gasteiger partial charge < -0.3 is 15.0 Å². The Morgan fingerprint density at radius 1 is 1.41 bits per heavy atom. The molecule has 2 aromatic heterocycles. The highest BCUT2D eigenvalue weighted by Crippen LogP contribution is 2.08. The topological polar surface area (TPSA) is 78.9 Å². The maximum absolute atomic E-state index is 5.72. The molecule has 0 saturated carbocycles. The number of ether oxygens (including phenoxy) is 1. The van der Waals surface area contributed by atoms with Crippen molar-refractivity contribution in [3.05, 3.63) is 35.8 Å². The summed E-state index contributed by atoms with van der Waals surface area (Å²) in [6.45, 7) is 0.360. The lowest BCUT2D eigenvalue weighted by atomic mass is 10.2. The Kier molecular flexibility index (Phi) is 3.34. The smallest absolute Gasteiger partial charge is 0.156 e. The van der Waals surface area contributed by atoms with Gasteiger partial charge in [0.1, 0.15) is 18.2 Å². The summed E-state index contributed by atoms with van der Waals surface area (Å²) < 4.78 is 6.95. The molecule has 0 aliphatic carbocycles. The highest BCUT2D eigenvalue weighted by Gasteiger charge is 2.06. The Morgan fingerprint density at radius 2 is 2.24 bits per heavy atom. The zero-order chi connectivity index (χ0) is 12.3. The lowest BCUT2D eigenvalue weighted by molar-refractivity contribution is 0.177. The quantitative estimate of drug-likeness (QED) is 0.833. The molecule has 0 aliphatic rings. The van der Waals surface area contributed by atoms with Crippen molar-refractivity contribution in [2.75, 3.05) is 12.8 Å². The molecule has 0 amide bonds. The molecular formula is C11H15N5O. The van der Waals surface area contributed by atoms with Gasteiger partial charge in [-0.25, -0.2) is 15.0 Å². The predicted molar refractivity (Wildman–Crippen MR) is 63.2 cm³/mol. The Balaban J connectivity index is 2.23. The summed E-state index contributed by atoms with van der Waals surface area (Å²) >= 11 is 0. The molecule has 17 heavy (non-hydrogen) atoms. The molecule has 90 valence electrons. The number of rotatable bonds is 4. The van der Waals surface area contributed by atoms with Crippen LogP contribution in [0, 0.1) is 0 Å². The molecule has 2 aromatic rings. The van der Waals surface area contributed by atoms with Gasteiger partial charge in [-0.05, 0) is 0 Å². The summed E-state index contributed by atoms with van der Waals surface area (Å²) in [5.41, 5.74) is 6.57. The average molecular weight is 233 g/mol. The summed E-state index contributed by atoms with van der Waals surface area (Å²) in [5, 5.41) is 0. The van der Waals surface area contributed by atoms with Crippen LogP contribution >= 0.6 is 0 Å². The number of hydrogen-bond acceptors (Lipinski definition) is 5. The molecule has 2 heterocycles. The summed E-state index contributed by atoms with van der Waals surface area (Å²) in [6, 6.07) is 1.76. The van der Waals surface area contributed by atoms with E-state index in [0.29, 0.717) is 24.7 Å². The van der Waals surface area contributed by atoms with E-state index >= 15 is 0 Å². The number of aromatic nitrogens is 4.